The summed E-state index contributed by atoms with van der Waals surface area (Å²) in [6.45, 7) is -0.467. The summed E-state index contributed by atoms with van der Waals surface area (Å²) in [4.78, 5) is 61.5. The van der Waals surface area contributed by atoms with E-state index in [2.05, 4.69) is 0 Å². The summed E-state index contributed by atoms with van der Waals surface area (Å²) in [5.74, 6) is -1.42. The van der Waals surface area contributed by atoms with E-state index >= 15 is 0 Å². The first-order chi connectivity index (χ1) is 22.2. The Labute approximate surface area is 264 Å². The smallest absolute Gasteiger partial charge is 0.330 e. The van der Waals surface area contributed by atoms with Crippen LogP contribution in [0.5, 0.6) is 11.5 Å². The minimum Gasteiger partial charge on any atom is -0.506 e. The SMILES string of the molecule is COc1ccccc1N(C(=O)N1CCN(C(=O)N2c3ccccc3C(=O)N(C)c3ccccc32)[C@H](C(=O)O)C1)c1ccccc1O. The number of phenolic OH excluding ortho intramolecular Hbond substituents is 1. The molecule has 2 N–H and O–H groups in total. The van der Waals surface area contributed by atoms with Crippen molar-refractivity contribution in [2.24, 2.45) is 0 Å². The maximum atomic E-state index is 14.4. The predicted octanol–water partition coefficient (Wildman–Crippen LogP) is 5.28. The number of anilines is 5. The molecule has 0 aromatic heterocycles. The average Bonchev–Trinajstić information content (AvgIpc) is 3.17. The zero-order valence-corrected chi connectivity index (χ0v) is 25.1. The molecule has 46 heavy (non-hydrogen) atoms. The van der Waals surface area contributed by atoms with Crippen LogP contribution in [0.25, 0.3) is 0 Å². The monoisotopic (exact) mass is 621 g/mol. The van der Waals surface area contributed by atoms with Crippen LogP contribution in [0.1, 0.15) is 10.4 Å². The number of hydrogen-bond acceptors (Lipinski definition) is 6. The Morgan fingerprint density at radius 2 is 1.41 bits per heavy atom. The molecular formula is C34H31N5O7. The van der Waals surface area contributed by atoms with E-state index in [1.54, 1.807) is 98.0 Å². The Balaban J connectivity index is 1.37. The molecule has 4 aromatic carbocycles. The maximum absolute atomic E-state index is 14.4. The van der Waals surface area contributed by atoms with Crippen LogP contribution < -0.4 is 19.4 Å². The van der Waals surface area contributed by atoms with Crippen molar-refractivity contribution in [1.29, 1.82) is 0 Å². The first-order valence-electron chi connectivity index (χ1n) is 14.5. The van der Waals surface area contributed by atoms with Gasteiger partial charge in [-0.15, -0.1) is 0 Å². The molecule has 2 aliphatic rings. The number of urea groups is 2. The maximum Gasteiger partial charge on any atom is 0.330 e. The number of hydrogen-bond donors (Lipinski definition) is 2. The number of benzene rings is 4. The molecule has 12 nitrogen and oxygen atoms in total. The normalized spacial score (nSPS) is 15.9. The number of carboxylic acid groups (broad SMARTS) is 1. The number of nitrogens with zero attached hydrogens (tertiary/aromatic N) is 5. The lowest BCUT2D eigenvalue weighted by Gasteiger charge is -2.42. The van der Waals surface area contributed by atoms with E-state index in [4.69, 9.17) is 4.74 Å². The number of para-hydroxylation sites is 7. The number of aliphatic carboxylic acids is 1. The lowest BCUT2D eigenvalue weighted by Crippen LogP contribution is -2.62. The molecule has 5 amide bonds. The van der Waals surface area contributed by atoms with Crippen LogP contribution in [0.15, 0.2) is 97.1 Å². The van der Waals surface area contributed by atoms with E-state index in [0.29, 0.717) is 28.5 Å². The highest BCUT2D eigenvalue weighted by Gasteiger charge is 2.43. The first-order valence-corrected chi connectivity index (χ1v) is 14.5. The van der Waals surface area contributed by atoms with Crippen molar-refractivity contribution >= 4 is 52.4 Å². The zero-order valence-electron chi connectivity index (χ0n) is 25.1. The number of fused-ring (bicyclic) bond motifs is 2. The number of carbonyl (C=O) groups excluding carboxylic acids is 3. The number of carbonyl (C=O) groups is 4. The highest BCUT2D eigenvalue weighted by molar-refractivity contribution is 6.18. The molecule has 0 radical (unpaired) electrons. The van der Waals surface area contributed by atoms with E-state index in [9.17, 15) is 29.4 Å². The highest BCUT2D eigenvalue weighted by atomic mass is 16.5. The van der Waals surface area contributed by atoms with E-state index in [1.807, 2.05) is 0 Å². The summed E-state index contributed by atoms with van der Waals surface area (Å²) < 4.78 is 5.51. The predicted molar refractivity (Wildman–Crippen MR) is 171 cm³/mol. The lowest BCUT2D eigenvalue weighted by molar-refractivity contribution is -0.143. The molecule has 6 rings (SSSR count). The molecule has 2 heterocycles. The highest BCUT2D eigenvalue weighted by Crippen LogP contribution is 2.42. The summed E-state index contributed by atoms with van der Waals surface area (Å²) >= 11 is 0. The summed E-state index contributed by atoms with van der Waals surface area (Å²) in [5, 5.41) is 21.1. The Hall–Kier alpha value is -6.04. The van der Waals surface area contributed by atoms with Gasteiger partial charge >= 0.3 is 18.0 Å². The van der Waals surface area contributed by atoms with Crippen LogP contribution in [-0.2, 0) is 4.79 Å². The van der Waals surface area contributed by atoms with Crippen molar-refractivity contribution in [2.45, 2.75) is 6.04 Å². The number of carboxylic acids is 1. The van der Waals surface area contributed by atoms with Crippen molar-refractivity contribution in [3.63, 3.8) is 0 Å². The molecule has 0 saturated carbocycles. The number of ether oxygens (including phenoxy) is 1. The van der Waals surface area contributed by atoms with Gasteiger partial charge in [-0.2, -0.15) is 0 Å². The van der Waals surface area contributed by atoms with Gasteiger partial charge in [-0.3, -0.25) is 14.6 Å². The minimum atomic E-state index is -1.43. The first kappa shape index (κ1) is 30.0. The molecular weight excluding hydrogens is 590 g/mol. The summed E-state index contributed by atoms with van der Waals surface area (Å²) in [6.07, 6.45) is 0. The molecule has 234 valence electrons. The van der Waals surface area contributed by atoms with E-state index in [1.165, 1.54) is 37.7 Å². The summed E-state index contributed by atoms with van der Waals surface area (Å²) in [5.41, 5.74) is 2.01. The van der Waals surface area contributed by atoms with Gasteiger partial charge in [-0.1, -0.05) is 48.5 Å². The lowest BCUT2D eigenvalue weighted by atomic mass is 10.1. The van der Waals surface area contributed by atoms with Crippen LogP contribution >= 0.6 is 0 Å². The summed E-state index contributed by atoms with van der Waals surface area (Å²) in [6, 6.07) is 24.0. The Morgan fingerprint density at radius 3 is 2.11 bits per heavy atom. The van der Waals surface area contributed by atoms with Gasteiger partial charge in [0.1, 0.15) is 17.5 Å². The topological polar surface area (TPSA) is 134 Å². The molecule has 0 unspecified atom stereocenters. The Kier molecular flexibility index (Phi) is 7.93. The third kappa shape index (κ3) is 5.09. The molecule has 0 aliphatic carbocycles. The number of amides is 5. The fraction of sp³-hybridized carbons (Fsp3) is 0.176. The summed E-state index contributed by atoms with van der Waals surface area (Å²) in [7, 11) is 3.08. The van der Waals surface area contributed by atoms with Crippen LogP contribution in [0.4, 0.5) is 38.0 Å². The van der Waals surface area contributed by atoms with Gasteiger partial charge in [-0.25, -0.2) is 14.4 Å². The molecule has 4 aromatic rings. The third-order valence-corrected chi connectivity index (χ3v) is 8.18. The van der Waals surface area contributed by atoms with Crippen LogP contribution in [-0.4, -0.2) is 83.8 Å². The second-order valence-electron chi connectivity index (χ2n) is 10.8. The van der Waals surface area contributed by atoms with Gasteiger partial charge in [0.05, 0.1) is 47.7 Å². The zero-order chi connectivity index (χ0) is 32.5. The molecule has 12 heteroatoms. The van der Waals surface area contributed by atoms with Crippen molar-refractivity contribution in [3.05, 3.63) is 103 Å². The number of rotatable bonds is 4. The van der Waals surface area contributed by atoms with Gasteiger partial charge in [0.15, 0.2) is 0 Å². The Morgan fingerprint density at radius 1 is 0.804 bits per heavy atom. The average molecular weight is 622 g/mol. The van der Waals surface area contributed by atoms with Gasteiger partial charge in [0.25, 0.3) is 5.91 Å². The van der Waals surface area contributed by atoms with Crippen molar-refractivity contribution in [2.75, 3.05) is 48.5 Å². The van der Waals surface area contributed by atoms with Gasteiger partial charge in [-0.05, 0) is 48.5 Å². The van der Waals surface area contributed by atoms with Crippen LogP contribution in [0.2, 0.25) is 0 Å². The third-order valence-electron chi connectivity index (χ3n) is 8.18. The fourth-order valence-electron chi connectivity index (χ4n) is 5.88. The second kappa shape index (κ2) is 12.2. The molecule has 1 saturated heterocycles. The number of piperazine rings is 1. The molecule has 1 atom stereocenters. The quantitative estimate of drug-likeness (QED) is 0.317. The molecule has 0 bridgehead atoms. The molecule has 1 fully saturated rings. The van der Waals surface area contributed by atoms with Crippen molar-refractivity contribution in [3.8, 4) is 11.5 Å². The van der Waals surface area contributed by atoms with E-state index in [0.717, 1.165) is 0 Å². The van der Waals surface area contributed by atoms with Crippen LogP contribution in [0.3, 0.4) is 0 Å². The standard InChI is InChI=1S/C34H31N5O7/c1-35-24-13-5-6-14-25(24)38(23-12-4-3-11-22(23)31(35)41)34(45)37-20-19-36(21-28(37)32(42)43)33(44)39(26-15-7-9-17-29(26)40)27-16-8-10-18-30(27)46-2/h3-18,28,40H,19-21H2,1-2H3,(H,42,43)/t28-/m0/s1. The second-order valence-corrected chi connectivity index (χ2v) is 10.8. The van der Waals surface area contributed by atoms with Gasteiger partial charge < -0.3 is 29.6 Å². The van der Waals surface area contributed by atoms with Crippen LogP contribution in [0, 0.1) is 0 Å². The molecule has 0 spiro atoms. The largest absolute Gasteiger partial charge is 0.506 e. The molecule has 2 aliphatic heterocycles. The Bertz CT molecular complexity index is 1850. The van der Waals surface area contributed by atoms with Gasteiger partial charge in [0.2, 0.25) is 0 Å². The van der Waals surface area contributed by atoms with Gasteiger partial charge in [0, 0.05) is 20.1 Å². The van der Waals surface area contributed by atoms with E-state index in [-0.39, 0.29) is 42.5 Å². The fourth-order valence-corrected chi connectivity index (χ4v) is 5.88. The number of methoxy groups -OCH3 is 1. The van der Waals surface area contributed by atoms with Crippen molar-refractivity contribution in [1.82, 2.24) is 9.80 Å². The van der Waals surface area contributed by atoms with Crippen molar-refractivity contribution < 1.29 is 34.1 Å². The van der Waals surface area contributed by atoms with E-state index < -0.39 is 24.1 Å². The minimum absolute atomic E-state index is 0.0104. The number of aromatic hydroxyl groups is 1. The number of phenols is 1.